The van der Waals surface area contributed by atoms with Crippen molar-refractivity contribution >= 4 is 17.4 Å². The van der Waals surface area contributed by atoms with Crippen molar-refractivity contribution in [1.29, 1.82) is 0 Å². The Labute approximate surface area is 156 Å². The number of nitrogens with two attached hydrogens (primary N) is 1. The molecule has 0 atom stereocenters. The van der Waals surface area contributed by atoms with Crippen molar-refractivity contribution in [2.75, 3.05) is 18.5 Å². The van der Waals surface area contributed by atoms with Crippen LogP contribution in [0.2, 0.25) is 0 Å². The number of ketones is 1. The molecule has 1 amide bonds. The molecule has 1 aromatic heterocycles. The van der Waals surface area contributed by atoms with Gasteiger partial charge in [-0.05, 0) is 42.2 Å². The number of carbonyl (C=O) groups excluding carboxylic acids is 2. The van der Waals surface area contributed by atoms with E-state index >= 15 is 0 Å². The molecule has 1 aromatic carbocycles. The molecule has 0 unspecified atom stereocenters. The van der Waals surface area contributed by atoms with Gasteiger partial charge in [0.25, 0.3) is 11.5 Å². The van der Waals surface area contributed by atoms with E-state index < -0.39 is 11.5 Å². The zero-order valence-electron chi connectivity index (χ0n) is 15.4. The second-order valence-electron chi connectivity index (χ2n) is 7.46. The highest BCUT2D eigenvalue weighted by atomic mass is 16.5. The first-order valence-corrected chi connectivity index (χ1v) is 8.83. The fourth-order valence-corrected chi connectivity index (χ4v) is 3.21. The number of aromatic nitrogens is 1. The lowest BCUT2D eigenvalue weighted by Crippen LogP contribution is -2.32. The molecule has 0 saturated heterocycles. The van der Waals surface area contributed by atoms with E-state index in [4.69, 9.17) is 10.5 Å². The molecule has 3 rings (SSSR count). The molecular formula is C20H23N3O4. The number of anilines is 1. The van der Waals surface area contributed by atoms with E-state index in [1.54, 1.807) is 24.3 Å². The fraction of sp³-hybridized carbons (Fsp3) is 0.350. The summed E-state index contributed by atoms with van der Waals surface area (Å²) in [5.74, 6) is 0.0125. The molecule has 7 heteroatoms. The quantitative estimate of drug-likeness (QED) is 0.747. The van der Waals surface area contributed by atoms with Crippen LogP contribution in [0.5, 0.6) is 5.75 Å². The Kier molecular flexibility index (Phi) is 5.14. The molecule has 0 bridgehead atoms. The van der Waals surface area contributed by atoms with Crippen molar-refractivity contribution in [2.24, 2.45) is 11.1 Å². The third-order valence-electron chi connectivity index (χ3n) is 4.46. The monoisotopic (exact) mass is 369 g/mol. The first-order valence-electron chi connectivity index (χ1n) is 8.83. The summed E-state index contributed by atoms with van der Waals surface area (Å²) in [4.78, 5) is 40.0. The number of Topliss-reactive ketones (excluding diaryl/α,β-unsaturated/α-hetero) is 1. The van der Waals surface area contributed by atoms with Crippen LogP contribution in [0.25, 0.3) is 0 Å². The van der Waals surface area contributed by atoms with Gasteiger partial charge >= 0.3 is 0 Å². The molecule has 0 spiro atoms. The van der Waals surface area contributed by atoms with Crippen LogP contribution in [-0.4, -0.2) is 29.8 Å². The molecule has 0 fully saturated rings. The molecule has 1 heterocycles. The Hall–Kier alpha value is -2.93. The minimum Gasteiger partial charge on any atom is -0.492 e. The van der Waals surface area contributed by atoms with E-state index in [0.29, 0.717) is 48.7 Å². The van der Waals surface area contributed by atoms with Crippen molar-refractivity contribution in [1.82, 2.24) is 4.98 Å². The highest BCUT2D eigenvalue weighted by molar-refractivity contribution is 6.06. The van der Waals surface area contributed by atoms with Crippen LogP contribution in [0, 0.1) is 5.41 Å². The van der Waals surface area contributed by atoms with E-state index in [2.05, 4.69) is 10.3 Å². The number of aromatic amines is 1. The number of benzene rings is 1. The number of amides is 1. The Morgan fingerprint density at radius 2 is 1.93 bits per heavy atom. The number of hydrogen-bond acceptors (Lipinski definition) is 5. The van der Waals surface area contributed by atoms with Gasteiger partial charge in [-0.15, -0.1) is 0 Å². The van der Waals surface area contributed by atoms with Crippen LogP contribution in [-0.2, 0) is 6.42 Å². The van der Waals surface area contributed by atoms with Gasteiger partial charge in [0.2, 0.25) is 0 Å². The molecule has 0 aliphatic heterocycles. The zero-order valence-corrected chi connectivity index (χ0v) is 15.4. The van der Waals surface area contributed by atoms with Crippen molar-refractivity contribution in [3.63, 3.8) is 0 Å². The summed E-state index contributed by atoms with van der Waals surface area (Å²) in [5.41, 5.74) is 6.14. The molecule has 7 nitrogen and oxygen atoms in total. The number of carbonyl (C=O) groups is 2. The van der Waals surface area contributed by atoms with Gasteiger partial charge in [-0.3, -0.25) is 14.4 Å². The van der Waals surface area contributed by atoms with Crippen LogP contribution < -0.4 is 21.3 Å². The normalized spacial score (nSPS) is 15.1. The third-order valence-corrected chi connectivity index (χ3v) is 4.46. The van der Waals surface area contributed by atoms with Gasteiger partial charge < -0.3 is 20.8 Å². The second-order valence-corrected chi connectivity index (χ2v) is 7.46. The summed E-state index contributed by atoms with van der Waals surface area (Å²) in [6.07, 6.45) is 0.979. The molecule has 2 aromatic rings. The largest absolute Gasteiger partial charge is 0.492 e. The minimum atomic E-state index is -0.563. The Morgan fingerprint density at radius 1 is 1.22 bits per heavy atom. The maximum atomic E-state index is 12.5. The summed E-state index contributed by atoms with van der Waals surface area (Å²) >= 11 is 0. The topological polar surface area (TPSA) is 114 Å². The van der Waals surface area contributed by atoms with E-state index in [1.807, 2.05) is 13.8 Å². The van der Waals surface area contributed by atoms with E-state index in [9.17, 15) is 14.4 Å². The summed E-state index contributed by atoms with van der Waals surface area (Å²) in [7, 11) is 0. The summed E-state index contributed by atoms with van der Waals surface area (Å²) in [6, 6.07) is 8.15. The number of ether oxygens (including phenoxy) is 1. The first kappa shape index (κ1) is 18.8. The highest BCUT2D eigenvalue weighted by Gasteiger charge is 2.32. The minimum absolute atomic E-state index is 0.0621. The average Bonchev–Trinajstić information content (AvgIpc) is 2.59. The number of rotatable bonds is 5. The third kappa shape index (κ3) is 4.25. The van der Waals surface area contributed by atoms with Crippen LogP contribution in [0.4, 0.5) is 5.69 Å². The van der Waals surface area contributed by atoms with Gasteiger partial charge in [-0.25, -0.2) is 0 Å². The Bertz CT molecular complexity index is 929. The van der Waals surface area contributed by atoms with Crippen LogP contribution >= 0.6 is 0 Å². The Balaban J connectivity index is 1.80. The van der Waals surface area contributed by atoms with E-state index in [1.165, 1.54) is 6.07 Å². The van der Waals surface area contributed by atoms with Crippen LogP contribution in [0.3, 0.4) is 0 Å². The predicted molar refractivity (Wildman–Crippen MR) is 102 cm³/mol. The van der Waals surface area contributed by atoms with Crippen LogP contribution in [0.1, 0.15) is 46.7 Å². The summed E-state index contributed by atoms with van der Waals surface area (Å²) in [6.45, 7) is 4.78. The van der Waals surface area contributed by atoms with Crippen molar-refractivity contribution in [3.8, 4) is 5.75 Å². The summed E-state index contributed by atoms with van der Waals surface area (Å²) in [5, 5.41) is 2.67. The lowest BCUT2D eigenvalue weighted by Gasteiger charge is -2.29. The SMILES string of the molecule is CC1(C)CC(=O)c2cc(C(=O)Nc3ccc(OCCN)cc3)c(=O)[nH]c2C1. The number of nitrogens with one attached hydrogen (secondary N) is 2. The standard InChI is InChI=1S/C20H23N3O4/c1-20(2)10-16-14(17(24)11-20)9-15(19(26)23-16)18(25)22-12-3-5-13(6-4-12)27-8-7-21/h3-6,9H,7-8,10-11,21H2,1-2H3,(H,22,25)(H,23,26). The molecule has 27 heavy (non-hydrogen) atoms. The smallest absolute Gasteiger partial charge is 0.261 e. The molecule has 0 radical (unpaired) electrons. The van der Waals surface area contributed by atoms with Gasteiger partial charge in [0, 0.05) is 29.9 Å². The van der Waals surface area contributed by atoms with Gasteiger partial charge in [0.15, 0.2) is 5.78 Å². The molecule has 0 saturated carbocycles. The zero-order chi connectivity index (χ0) is 19.6. The number of hydrogen-bond donors (Lipinski definition) is 3. The van der Waals surface area contributed by atoms with Crippen molar-refractivity contribution in [2.45, 2.75) is 26.7 Å². The molecule has 142 valence electrons. The van der Waals surface area contributed by atoms with Gasteiger partial charge in [-0.2, -0.15) is 0 Å². The number of fused-ring (bicyclic) bond motifs is 1. The maximum Gasteiger partial charge on any atom is 0.261 e. The van der Waals surface area contributed by atoms with E-state index in [-0.39, 0.29) is 16.8 Å². The summed E-state index contributed by atoms with van der Waals surface area (Å²) < 4.78 is 5.38. The molecular weight excluding hydrogens is 346 g/mol. The molecule has 1 aliphatic carbocycles. The lowest BCUT2D eigenvalue weighted by molar-refractivity contribution is 0.0910. The first-order chi connectivity index (χ1) is 12.8. The average molecular weight is 369 g/mol. The van der Waals surface area contributed by atoms with E-state index in [0.717, 1.165) is 0 Å². The predicted octanol–water partition coefficient (Wildman–Crippen LogP) is 2.12. The maximum absolute atomic E-state index is 12.5. The molecule has 1 aliphatic rings. The van der Waals surface area contributed by atoms with Crippen molar-refractivity contribution < 1.29 is 14.3 Å². The Morgan fingerprint density at radius 3 is 2.59 bits per heavy atom. The van der Waals surface area contributed by atoms with Crippen molar-refractivity contribution in [3.05, 3.63) is 57.5 Å². The van der Waals surface area contributed by atoms with Gasteiger partial charge in [0.05, 0.1) is 0 Å². The van der Waals surface area contributed by atoms with Crippen LogP contribution in [0.15, 0.2) is 35.1 Å². The lowest BCUT2D eigenvalue weighted by atomic mass is 9.75. The van der Waals surface area contributed by atoms with Gasteiger partial charge in [0.1, 0.15) is 17.9 Å². The highest BCUT2D eigenvalue weighted by Crippen LogP contribution is 2.33. The van der Waals surface area contributed by atoms with Gasteiger partial charge in [-0.1, -0.05) is 13.8 Å². The number of pyridine rings is 1. The fourth-order valence-electron chi connectivity index (χ4n) is 3.21. The number of H-pyrrole nitrogens is 1. The second kappa shape index (κ2) is 7.36. The molecule has 4 N–H and O–H groups in total.